The predicted molar refractivity (Wildman–Crippen MR) is 63.0 cm³/mol. The van der Waals surface area contributed by atoms with Crippen LogP contribution in [0.15, 0.2) is 30.3 Å². The molecule has 16 heavy (non-hydrogen) atoms. The molecule has 3 heteroatoms. The first kappa shape index (κ1) is 10.3. The minimum Gasteiger partial charge on any atom is -0.375 e. The van der Waals surface area contributed by atoms with Crippen molar-refractivity contribution >= 4 is 0 Å². The second-order valence-corrected chi connectivity index (χ2v) is 4.77. The quantitative estimate of drug-likeness (QED) is 0.804. The Morgan fingerprint density at radius 1 is 1.31 bits per heavy atom. The first-order valence-corrected chi connectivity index (χ1v) is 6.00. The van der Waals surface area contributed by atoms with Crippen molar-refractivity contribution in [3.8, 4) is 0 Å². The van der Waals surface area contributed by atoms with Crippen LogP contribution in [-0.2, 0) is 11.3 Å². The Balaban J connectivity index is 1.72. The summed E-state index contributed by atoms with van der Waals surface area (Å²) < 4.78 is 5.69. The Morgan fingerprint density at radius 2 is 2.12 bits per heavy atom. The number of hydrogen-bond acceptors (Lipinski definition) is 3. The number of benzene rings is 1. The molecule has 2 N–H and O–H groups in total. The van der Waals surface area contributed by atoms with Crippen molar-refractivity contribution in [1.82, 2.24) is 4.90 Å². The number of rotatable bonds is 2. The van der Waals surface area contributed by atoms with E-state index in [2.05, 4.69) is 35.2 Å². The Morgan fingerprint density at radius 3 is 2.94 bits per heavy atom. The van der Waals surface area contributed by atoms with Crippen molar-refractivity contribution in [2.75, 3.05) is 13.2 Å². The highest BCUT2D eigenvalue weighted by atomic mass is 16.5. The maximum absolute atomic E-state index is 6.10. The van der Waals surface area contributed by atoms with Crippen LogP contribution in [0.4, 0.5) is 0 Å². The van der Waals surface area contributed by atoms with Crippen LogP contribution in [0.5, 0.6) is 0 Å². The van der Waals surface area contributed by atoms with Gasteiger partial charge in [-0.25, -0.2) is 0 Å². The van der Waals surface area contributed by atoms with Gasteiger partial charge in [0.2, 0.25) is 0 Å². The van der Waals surface area contributed by atoms with E-state index in [0.29, 0.717) is 6.04 Å². The molecule has 3 nitrogen and oxygen atoms in total. The molecule has 0 spiro atoms. The third-order valence-electron chi connectivity index (χ3n) is 3.67. The lowest BCUT2D eigenvalue weighted by Crippen LogP contribution is -2.35. The zero-order valence-electron chi connectivity index (χ0n) is 9.38. The van der Waals surface area contributed by atoms with Crippen LogP contribution in [0.2, 0.25) is 0 Å². The second kappa shape index (κ2) is 4.17. The minimum absolute atomic E-state index is 0.191. The van der Waals surface area contributed by atoms with Crippen LogP contribution < -0.4 is 5.73 Å². The lowest BCUT2D eigenvalue weighted by molar-refractivity contribution is 0.0951. The van der Waals surface area contributed by atoms with Gasteiger partial charge in [0.05, 0.1) is 6.10 Å². The zero-order chi connectivity index (χ0) is 11.0. The molecular formula is C13H18N2O. The first-order chi connectivity index (χ1) is 7.84. The third-order valence-corrected chi connectivity index (χ3v) is 3.67. The van der Waals surface area contributed by atoms with Crippen LogP contribution in [0, 0.1) is 0 Å². The van der Waals surface area contributed by atoms with E-state index in [1.807, 2.05) is 0 Å². The second-order valence-electron chi connectivity index (χ2n) is 4.77. The van der Waals surface area contributed by atoms with Crippen molar-refractivity contribution in [3.05, 3.63) is 35.9 Å². The molecule has 0 amide bonds. The van der Waals surface area contributed by atoms with E-state index in [-0.39, 0.29) is 12.1 Å². The summed E-state index contributed by atoms with van der Waals surface area (Å²) in [6.45, 7) is 2.83. The summed E-state index contributed by atoms with van der Waals surface area (Å²) in [4.78, 5) is 2.47. The average molecular weight is 218 g/mol. The molecule has 2 aliphatic heterocycles. The maximum atomic E-state index is 6.10. The van der Waals surface area contributed by atoms with Crippen molar-refractivity contribution in [3.63, 3.8) is 0 Å². The van der Waals surface area contributed by atoms with Gasteiger partial charge in [0, 0.05) is 31.8 Å². The van der Waals surface area contributed by atoms with Gasteiger partial charge < -0.3 is 10.5 Å². The van der Waals surface area contributed by atoms with Crippen molar-refractivity contribution in [1.29, 1.82) is 0 Å². The van der Waals surface area contributed by atoms with Crippen molar-refractivity contribution in [2.24, 2.45) is 5.73 Å². The van der Waals surface area contributed by atoms with E-state index < -0.39 is 0 Å². The maximum Gasteiger partial charge on any atom is 0.0894 e. The zero-order valence-corrected chi connectivity index (χ0v) is 9.38. The number of nitrogens with zero attached hydrogens (tertiary/aromatic N) is 1. The first-order valence-electron chi connectivity index (χ1n) is 6.00. The molecule has 0 unspecified atom stereocenters. The molecule has 0 bridgehead atoms. The SMILES string of the molecule is N[C@H]1CN(Cc2ccccc2)[C@@H]2CCO[C@@H]21. The number of fused-ring (bicyclic) bond motifs is 1. The van der Waals surface area contributed by atoms with E-state index >= 15 is 0 Å². The molecular weight excluding hydrogens is 200 g/mol. The Hall–Kier alpha value is -0.900. The molecule has 2 heterocycles. The van der Waals surface area contributed by atoms with Gasteiger partial charge in [-0.2, -0.15) is 0 Å². The normalized spacial score (nSPS) is 34.2. The van der Waals surface area contributed by atoms with Crippen molar-refractivity contribution in [2.45, 2.75) is 31.2 Å². The van der Waals surface area contributed by atoms with Gasteiger partial charge in [-0.05, 0) is 12.0 Å². The monoisotopic (exact) mass is 218 g/mol. The van der Waals surface area contributed by atoms with Gasteiger partial charge in [0.25, 0.3) is 0 Å². The number of nitrogens with two attached hydrogens (primary N) is 1. The van der Waals surface area contributed by atoms with E-state index in [1.54, 1.807) is 0 Å². The summed E-state index contributed by atoms with van der Waals surface area (Å²) in [6, 6.07) is 11.3. The smallest absolute Gasteiger partial charge is 0.0894 e. The fourth-order valence-electron chi connectivity index (χ4n) is 2.91. The predicted octanol–water partition coefficient (Wildman–Crippen LogP) is 0.987. The van der Waals surface area contributed by atoms with E-state index in [0.717, 1.165) is 26.1 Å². The molecule has 3 rings (SSSR count). The highest BCUT2D eigenvalue weighted by molar-refractivity contribution is 5.15. The molecule has 1 aromatic carbocycles. The van der Waals surface area contributed by atoms with Crippen LogP contribution in [0.1, 0.15) is 12.0 Å². The van der Waals surface area contributed by atoms with Crippen LogP contribution in [0.25, 0.3) is 0 Å². The van der Waals surface area contributed by atoms with Gasteiger partial charge in [-0.15, -0.1) is 0 Å². The van der Waals surface area contributed by atoms with Crippen LogP contribution in [0.3, 0.4) is 0 Å². The lowest BCUT2D eigenvalue weighted by atomic mass is 10.1. The summed E-state index contributed by atoms with van der Waals surface area (Å²) in [5, 5.41) is 0. The molecule has 3 atom stereocenters. The minimum atomic E-state index is 0.191. The topological polar surface area (TPSA) is 38.5 Å². The van der Waals surface area contributed by atoms with Gasteiger partial charge in [-0.1, -0.05) is 30.3 Å². The lowest BCUT2D eigenvalue weighted by Gasteiger charge is -2.21. The third kappa shape index (κ3) is 1.75. The number of hydrogen-bond donors (Lipinski definition) is 1. The summed E-state index contributed by atoms with van der Waals surface area (Å²) in [7, 11) is 0. The van der Waals surface area contributed by atoms with Crippen LogP contribution >= 0.6 is 0 Å². The van der Waals surface area contributed by atoms with E-state index in [1.165, 1.54) is 5.56 Å². The molecule has 2 saturated heterocycles. The number of likely N-dealkylation sites (tertiary alicyclic amines) is 1. The molecule has 2 aliphatic rings. The summed E-state index contributed by atoms with van der Waals surface area (Å²) in [5.41, 5.74) is 7.46. The molecule has 0 radical (unpaired) electrons. The highest BCUT2D eigenvalue weighted by Crippen LogP contribution is 2.29. The Bertz CT molecular complexity index is 354. The fraction of sp³-hybridized carbons (Fsp3) is 0.538. The Kier molecular flexibility index (Phi) is 2.67. The molecule has 2 fully saturated rings. The fourth-order valence-corrected chi connectivity index (χ4v) is 2.91. The summed E-state index contributed by atoms with van der Waals surface area (Å²) >= 11 is 0. The summed E-state index contributed by atoms with van der Waals surface area (Å²) in [5.74, 6) is 0. The van der Waals surface area contributed by atoms with Gasteiger partial charge in [-0.3, -0.25) is 4.90 Å². The van der Waals surface area contributed by atoms with Crippen LogP contribution in [-0.4, -0.2) is 36.2 Å². The molecule has 1 aromatic rings. The van der Waals surface area contributed by atoms with Crippen molar-refractivity contribution < 1.29 is 4.74 Å². The molecule has 0 aromatic heterocycles. The highest BCUT2D eigenvalue weighted by Gasteiger charge is 2.43. The van der Waals surface area contributed by atoms with E-state index in [4.69, 9.17) is 10.5 Å². The standard InChI is InChI=1S/C13H18N2O/c14-11-9-15(12-6-7-16-13(11)12)8-10-4-2-1-3-5-10/h1-5,11-13H,6-9,14H2/t11-,12+,13+/m0/s1. The van der Waals surface area contributed by atoms with Gasteiger partial charge >= 0.3 is 0 Å². The molecule has 0 aliphatic carbocycles. The average Bonchev–Trinajstić information content (AvgIpc) is 2.87. The largest absolute Gasteiger partial charge is 0.375 e. The van der Waals surface area contributed by atoms with E-state index in [9.17, 15) is 0 Å². The van der Waals surface area contributed by atoms with Gasteiger partial charge in [0.1, 0.15) is 0 Å². The summed E-state index contributed by atoms with van der Waals surface area (Å²) in [6.07, 6.45) is 1.40. The Labute approximate surface area is 96.2 Å². The number of ether oxygens (including phenoxy) is 1. The molecule has 86 valence electrons. The molecule has 0 saturated carbocycles. The van der Waals surface area contributed by atoms with Gasteiger partial charge in [0.15, 0.2) is 0 Å².